The van der Waals surface area contributed by atoms with E-state index in [-0.39, 0.29) is 23.5 Å². The van der Waals surface area contributed by atoms with E-state index in [4.69, 9.17) is 16.3 Å². The van der Waals surface area contributed by atoms with Crippen LogP contribution in [0.3, 0.4) is 0 Å². The molecule has 2 N–H and O–H groups in total. The van der Waals surface area contributed by atoms with Crippen LogP contribution in [0.2, 0.25) is 5.02 Å². The molecule has 8 nitrogen and oxygen atoms in total. The van der Waals surface area contributed by atoms with E-state index in [9.17, 15) is 9.59 Å². The van der Waals surface area contributed by atoms with Crippen LogP contribution in [0.25, 0.3) is 0 Å². The van der Waals surface area contributed by atoms with Crippen LogP contribution in [-0.2, 0) is 16.1 Å². The molecule has 1 saturated heterocycles. The first-order valence-corrected chi connectivity index (χ1v) is 12.9. The second kappa shape index (κ2) is 9.47. The summed E-state index contributed by atoms with van der Waals surface area (Å²) in [5.74, 6) is 1.53. The third-order valence-corrected chi connectivity index (χ3v) is 8.87. The molecule has 188 valence electrons. The summed E-state index contributed by atoms with van der Waals surface area (Å²) in [6.45, 7) is 9.61. The van der Waals surface area contributed by atoms with Crippen molar-refractivity contribution in [1.82, 2.24) is 9.78 Å². The molecule has 3 aliphatic carbocycles. The van der Waals surface area contributed by atoms with Gasteiger partial charge in [-0.05, 0) is 48.1 Å². The fraction of sp³-hybridized carbons (Fsp3) is 0.577. The van der Waals surface area contributed by atoms with Crippen molar-refractivity contribution >= 4 is 34.6 Å². The van der Waals surface area contributed by atoms with Gasteiger partial charge in [0.25, 0.3) is 5.56 Å². The number of hydrogen-bond donors (Lipinski definition) is 2. The first-order valence-electron chi connectivity index (χ1n) is 12.5. The van der Waals surface area contributed by atoms with Crippen molar-refractivity contribution in [2.75, 3.05) is 41.8 Å². The zero-order valence-corrected chi connectivity index (χ0v) is 21.3. The number of rotatable bonds is 6. The predicted molar refractivity (Wildman–Crippen MR) is 138 cm³/mol. The lowest BCUT2D eigenvalue weighted by Gasteiger charge is -2.62. The summed E-state index contributed by atoms with van der Waals surface area (Å²) in [5, 5.41) is 10.7. The molecule has 0 radical (unpaired) electrons. The Kier molecular flexibility index (Phi) is 6.53. The fourth-order valence-corrected chi connectivity index (χ4v) is 6.40. The predicted octanol–water partition coefficient (Wildman–Crippen LogP) is 3.85. The molecular formula is C26H34ClN5O3. The van der Waals surface area contributed by atoms with Crippen LogP contribution >= 0.6 is 11.6 Å². The summed E-state index contributed by atoms with van der Waals surface area (Å²) in [6, 6.07) is 7.91. The average Bonchev–Trinajstić information content (AvgIpc) is 2.85. The van der Waals surface area contributed by atoms with Crippen molar-refractivity contribution in [3.05, 3.63) is 45.8 Å². The molecule has 35 heavy (non-hydrogen) atoms. The van der Waals surface area contributed by atoms with Gasteiger partial charge in [-0.1, -0.05) is 44.5 Å². The number of fused-ring (bicyclic) bond motifs is 2. The van der Waals surface area contributed by atoms with E-state index in [0.717, 1.165) is 29.9 Å². The minimum atomic E-state index is -0.470. The molecule has 3 saturated carbocycles. The number of hydrogen-bond acceptors (Lipinski definition) is 6. The van der Waals surface area contributed by atoms with Crippen molar-refractivity contribution in [2.24, 2.45) is 23.2 Å². The third kappa shape index (κ3) is 4.54. The van der Waals surface area contributed by atoms with Crippen LogP contribution in [0.15, 0.2) is 35.3 Å². The number of para-hydroxylation sites is 2. The first kappa shape index (κ1) is 24.1. The van der Waals surface area contributed by atoms with Gasteiger partial charge in [-0.15, -0.1) is 0 Å². The van der Waals surface area contributed by atoms with Crippen LogP contribution in [0.5, 0.6) is 0 Å². The zero-order valence-electron chi connectivity index (χ0n) is 20.6. The van der Waals surface area contributed by atoms with Gasteiger partial charge in [-0.25, -0.2) is 4.68 Å². The molecule has 2 aromatic rings. The molecule has 4 atom stereocenters. The molecule has 9 heteroatoms. The second-order valence-corrected chi connectivity index (χ2v) is 11.1. The SMILES string of the molecule is C[C@@H]1[C@H]2C[C@@H](C[C@H]1Nc1cnn(CC(=O)Nc3ccccc3N3CCOCC3)c(=O)c1Cl)C2(C)C. The van der Waals surface area contributed by atoms with E-state index in [2.05, 4.69) is 41.4 Å². The van der Waals surface area contributed by atoms with E-state index >= 15 is 0 Å². The van der Waals surface area contributed by atoms with Crippen LogP contribution in [-0.4, -0.2) is 48.0 Å². The van der Waals surface area contributed by atoms with Gasteiger partial charge in [0.15, 0.2) is 0 Å². The Labute approximate surface area is 211 Å². The highest BCUT2D eigenvalue weighted by atomic mass is 35.5. The molecule has 6 rings (SSSR count). The number of aromatic nitrogens is 2. The Morgan fingerprint density at radius 3 is 2.66 bits per heavy atom. The lowest BCUT2D eigenvalue weighted by atomic mass is 9.45. The number of anilines is 3. The topological polar surface area (TPSA) is 88.5 Å². The molecular weight excluding hydrogens is 466 g/mol. The van der Waals surface area contributed by atoms with Crippen LogP contribution < -0.4 is 21.1 Å². The summed E-state index contributed by atoms with van der Waals surface area (Å²) >= 11 is 6.45. The largest absolute Gasteiger partial charge is 0.379 e. The molecule has 4 aliphatic rings. The maximum atomic E-state index is 12.9. The van der Waals surface area contributed by atoms with E-state index in [1.54, 1.807) is 6.20 Å². The highest BCUT2D eigenvalue weighted by Crippen LogP contribution is 2.61. The molecule has 0 unspecified atom stereocenters. The number of nitrogens with one attached hydrogen (secondary N) is 2. The van der Waals surface area contributed by atoms with Crippen LogP contribution in [0, 0.1) is 23.2 Å². The Morgan fingerprint density at radius 2 is 1.94 bits per heavy atom. The Hall–Kier alpha value is -2.58. The van der Waals surface area contributed by atoms with Crippen molar-refractivity contribution in [2.45, 2.75) is 46.2 Å². The van der Waals surface area contributed by atoms with Gasteiger partial charge in [0, 0.05) is 19.1 Å². The number of nitrogens with zero attached hydrogens (tertiary/aromatic N) is 3. The van der Waals surface area contributed by atoms with Gasteiger partial charge in [-0.2, -0.15) is 5.10 Å². The lowest BCUT2D eigenvalue weighted by Crippen LogP contribution is -2.58. The molecule has 1 aliphatic heterocycles. The van der Waals surface area contributed by atoms with Gasteiger partial charge in [0.2, 0.25) is 5.91 Å². The standard InChI is InChI=1S/C26H34ClN5O3/c1-16-18-12-17(26(18,2)3)13-20(16)29-21-14-28-32(25(34)24(21)27)15-23(33)30-19-6-4-5-7-22(19)31-8-10-35-11-9-31/h4-7,14,16-18,20,29H,8-13,15H2,1-3H3,(H,30,33)/t16-,17+,18-,20-/m1/s1. The van der Waals surface area contributed by atoms with Gasteiger partial charge in [-0.3, -0.25) is 9.59 Å². The molecule has 4 fully saturated rings. The zero-order chi connectivity index (χ0) is 24.7. The smallest absolute Gasteiger partial charge is 0.288 e. The normalized spacial score (nSPS) is 27.1. The molecule has 2 heterocycles. The van der Waals surface area contributed by atoms with E-state index in [1.165, 1.54) is 6.42 Å². The molecule has 1 aromatic carbocycles. The number of ether oxygens (including phenoxy) is 1. The molecule has 2 bridgehead atoms. The van der Waals surface area contributed by atoms with Crippen LogP contribution in [0.4, 0.5) is 17.1 Å². The number of carbonyl (C=O) groups excluding carboxylic acids is 1. The van der Waals surface area contributed by atoms with Gasteiger partial charge >= 0.3 is 0 Å². The van der Waals surface area contributed by atoms with Crippen molar-refractivity contribution in [3.8, 4) is 0 Å². The Bertz CT molecular complexity index is 1160. The van der Waals surface area contributed by atoms with Crippen molar-refractivity contribution < 1.29 is 9.53 Å². The molecule has 1 amide bonds. The number of carbonyl (C=O) groups is 1. The minimum Gasteiger partial charge on any atom is -0.379 e. The Morgan fingerprint density at radius 1 is 1.20 bits per heavy atom. The van der Waals surface area contributed by atoms with Gasteiger partial charge < -0.3 is 20.3 Å². The lowest BCUT2D eigenvalue weighted by molar-refractivity contribution is -0.117. The monoisotopic (exact) mass is 499 g/mol. The van der Waals surface area contributed by atoms with E-state index in [0.29, 0.717) is 47.8 Å². The summed E-state index contributed by atoms with van der Waals surface area (Å²) < 4.78 is 6.55. The van der Waals surface area contributed by atoms with Crippen molar-refractivity contribution in [1.29, 1.82) is 0 Å². The fourth-order valence-electron chi connectivity index (χ4n) is 6.20. The maximum absolute atomic E-state index is 12.9. The first-order chi connectivity index (χ1) is 16.8. The van der Waals surface area contributed by atoms with Gasteiger partial charge in [0.1, 0.15) is 11.6 Å². The number of halogens is 1. The second-order valence-electron chi connectivity index (χ2n) is 10.7. The minimum absolute atomic E-state index is 0.0761. The summed E-state index contributed by atoms with van der Waals surface area (Å²) in [6.07, 6.45) is 3.91. The summed E-state index contributed by atoms with van der Waals surface area (Å²) in [4.78, 5) is 27.9. The Balaban J connectivity index is 1.25. The van der Waals surface area contributed by atoms with Gasteiger partial charge in [0.05, 0.1) is 36.5 Å². The molecule has 1 aromatic heterocycles. The van der Waals surface area contributed by atoms with E-state index < -0.39 is 5.56 Å². The van der Waals surface area contributed by atoms with Crippen molar-refractivity contribution in [3.63, 3.8) is 0 Å². The number of morpholine rings is 1. The highest BCUT2D eigenvalue weighted by Gasteiger charge is 2.56. The van der Waals surface area contributed by atoms with Crippen LogP contribution in [0.1, 0.15) is 33.6 Å². The maximum Gasteiger partial charge on any atom is 0.288 e. The highest BCUT2D eigenvalue weighted by molar-refractivity contribution is 6.32. The summed E-state index contributed by atoms with van der Waals surface area (Å²) in [7, 11) is 0. The quantitative estimate of drug-likeness (QED) is 0.627. The summed E-state index contributed by atoms with van der Waals surface area (Å²) in [5.41, 5.74) is 2.09. The third-order valence-electron chi connectivity index (χ3n) is 8.50. The number of amides is 1. The number of benzene rings is 1. The average molecular weight is 500 g/mol. The molecule has 0 spiro atoms. The van der Waals surface area contributed by atoms with E-state index in [1.807, 2.05) is 24.3 Å².